The molecule has 0 saturated carbocycles. The molecule has 0 aliphatic heterocycles. The van der Waals surface area contributed by atoms with Gasteiger partial charge in [0.2, 0.25) is 11.0 Å². The van der Waals surface area contributed by atoms with Crippen LogP contribution in [0, 0.1) is 0 Å². The smallest absolute Gasteiger partial charge is 0.264 e. The number of carbonyl (C=O) groups is 1. The molecule has 1 aromatic heterocycles. The molecule has 0 saturated heterocycles. The average Bonchev–Trinajstić information content (AvgIpc) is 3.19. The lowest BCUT2D eigenvalue weighted by molar-refractivity contribution is -0.114. The van der Waals surface area contributed by atoms with Crippen molar-refractivity contribution in [1.29, 1.82) is 0 Å². The van der Waals surface area contributed by atoms with Crippen LogP contribution in [0.15, 0.2) is 57.8 Å². The molecule has 0 bridgehead atoms. The number of nitrogens with one attached hydrogen (secondary N) is 1. The Morgan fingerprint density at radius 1 is 1.23 bits per heavy atom. The van der Waals surface area contributed by atoms with Crippen LogP contribution in [0.1, 0.15) is 6.92 Å². The molecule has 2 aromatic carbocycles. The van der Waals surface area contributed by atoms with E-state index in [2.05, 4.69) is 15.5 Å². The molecule has 0 aliphatic rings. The average molecular weight is 499 g/mol. The summed E-state index contributed by atoms with van der Waals surface area (Å²) >= 11 is 8.93. The van der Waals surface area contributed by atoms with Crippen molar-refractivity contribution in [3.05, 3.63) is 53.6 Å². The van der Waals surface area contributed by atoms with E-state index in [0.717, 1.165) is 10.1 Å². The number of methoxy groups -OCH3 is 1. The summed E-state index contributed by atoms with van der Waals surface area (Å²) in [5, 5.41) is 11.0. The Labute approximate surface area is 193 Å². The van der Waals surface area contributed by atoms with Gasteiger partial charge in [-0.1, -0.05) is 59.8 Å². The Balaban J connectivity index is 1.92. The summed E-state index contributed by atoms with van der Waals surface area (Å²) in [5.41, 5.74) is 0.226. The molecule has 0 spiro atoms. The molecule has 12 heteroatoms. The highest BCUT2D eigenvalue weighted by atomic mass is 35.5. The molecule has 1 heterocycles. The number of benzene rings is 2. The van der Waals surface area contributed by atoms with Gasteiger partial charge in [-0.05, 0) is 36.1 Å². The lowest BCUT2D eigenvalue weighted by Crippen LogP contribution is -2.38. The van der Waals surface area contributed by atoms with Gasteiger partial charge < -0.3 is 4.74 Å². The minimum absolute atomic E-state index is 0.0484. The molecule has 164 valence electrons. The number of rotatable bonds is 9. The molecule has 0 fully saturated rings. The number of ether oxygens (including phenoxy) is 1. The predicted octanol–water partition coefficient (Wildman–Crippen LogP) is 4.15. The largest absolute Gasteiger partial charge is 0.495 e. The van der Waals surface area contributed by atoms with E-state index < -0.39 is 22.5 Å². The van der Waals surface area contributed by atoms with Gasteiger partial charge in [-0.3, -0.25) is 14.4 Å². The van der Waals surface area contributed by atoms with E-state index >= 15 is 0 Å². The first kappa shape index (κ1) is 23.3. The topological polar surface area (TPSA) is 101 Å². The normalized spacial score (nSPS) is 11.2. The summed E-state index contributed by atoms with van der Waals surface area (Å²) in [7, 11) is -2.59. The molecule has 3 aromatic rings. The van der Waals surface area contributed by atoms with E-state index in [1.165, 1.54) is 54.5 Å². The summed E-state index contributed by atoms with van der Waals surface area (Å²) in [4.78, 5) is 12.8. The fraction of sp³-hybridized carbons (Fsp3) is 0.211. The number of halogens is 1. The maximum atomic E-state index is 13.3. The quantitative estimate of drug-likeness (QED) is 0.349. The van der Waals surface area contributed by atoms with Crippen molar-refractivity contribution in [2.24, 2.45) is 0 Å². The van der Waals surface area contributed by atoms with Gasteiger partial charge in [0.25, 0.3) is 10.0 Å². The van der Waals surface area contributed by atoms with Gasteiger partial charge >= 0.3 is 0 Å². The standard InChI is InChI=1S/C19H19ClN4O4S3/c1-3-29-19-23-22-18(30-19)21-17(25)12-24(13-9-10-16(28-2)15(20)11-13)31(26,27)14-7-5-4-6-8-14/h4-11H,3,12H2,1-2H3,(H,21,22,25). The summed E-state index contributed by atoms with van der Waals surface area (Å²) in [6.07, 6.45) is 0. The van der Waals surface area contributed by atoms with Gasteiger partial charge in [0.15, 0.2) is 4.34 Å². The van der Waals surface area contributed by atoms with Gasteiger partial charge in [0, 0.05) is 0 Å². The third-order valence-corrected chi connectivity index (χ3v) is 7.90. The van der Waals surface area contributed by atoms with Crippen molar-refractivity contribution >= 4 is 61.4 Å². The van der Waals surface area contributed by atoms with Crippen molar-refractivity contribution in [1.82, 2.24) is 10.2 Å². The number of hydrogen-bond acceptors (Lipinski definition) is 8. The summed E-state index contributed by atoms with van der Waals surface area (Å²) in [6.45, 7) is 1.51. The van der Waals surface area contributed by atoms with Gasteiger partial charge in [-0.25, -0.2) is 8.42 Å². The SMILES string of the molecule is CCSc1nnc(NC(=O)CN(c2ccc(OC)c(Cl)c2)S(=O)(=O)c2ccccc2)s1. The zero-order chi connectivity index (χ0) is 22.4. The third-order valence-electron chi connectivity index (χ3n) is 3.96. The van der Waals surface area contributed by atoms with Gasteiger partial charge in [0.1, 0.15) is 12.3 Å². The van der Waals surface area contributed by atoms with Gasteiger partial charge in [-0.2, -0.15) is 0 Å². The molecule has 31 heavy (non-hydrogen) atoms. The zero-order valence-electron chi connectivity index (χ0n) is 16.6. The van der Waals surface area contributed by atoms with E-state index in [0.29, 0.717) is 15.2 Å². The lowest BCUT2D eigenvalue weighted by Gasteiger charge is -2.24. The Morgan fingerprint density at radius 2 is 1.97 bits per heavy atom. The lowest BCUT2D eigenvalue weighted by atomic mass is 10.3. The second kappa shape index (κ2) is 10.3. The van der Waals surface area contributed by atoms with E-state index in [9.17, 15) is 13.2 Å². The van der Waals surface area contributed by atoms with E-state index in [4.69, 9.17) is 16.3 Å². The van der Waals surface area contributed by atoms with Crippen LogP contribution in [-0.2, 0) is 14.8 Å². The van der Waals surface area contributed by atoms with Crippen molar-refractivity contribution in [3.8, 4) is 5.75 Å². The second-order valence-electron chi connectivity index (χ2n) is 6.00. The zero-order valence-corrected chi connectivity index (χ0v) is 19.8. The molecule has 1 N–H and O–H groups in total. The van der Waals surface area contributed by atoms with Crippen molar-refractivity contribution in [2.45, 2.75) is 16.2 Å². The number of nitrogens with zero attached hydrogens (tertiary/aromatic N) is 3. The maximum absolute atomic E-state index is 13.3. The second-order valence-corrected chi connectivity index (χ2v) is 10.8. The van der Waals surface area contributed by atoms with Crippen LogP contribution in [0.5, 0.6) is 5.75 Å². The van der Waals surface area contributed by atoms with Crippen LogP contribution in [0.2, 0.25) is 5.02 Å². The summed E-state index contributed by atoms with van der Waals surface area (Å²) < 4.78 is 33.5. The molecule has 8 nitrogen and oxygen atoms in total. The molecule has 1 amide bonds. The summed E-state index contributed by atoms with van der Waals surface area (Å²) in [6, 6.07) is 12.4. The van der Waals surface area contributed by atoms with Crippen LogP contribution in [-0.4, -0.2) is 43.9 Å². The molecule has 0 radical (unpaired) electrons. The number of carbonyl (C=O) groups excluding carboxylic acids is 1. The first-order chi connectivity index (χ1) is 14.8. The Kier molecular flexibility index (Phi) is 7.76. The third kappa shape index (κ3) is 5.67. The molecular weight excluding hydrogens is 480 g/mol. The Morgan fingerprint density at radius 3 is 2.61 bits per heavy atom. The number of hydrogen-bond donors (Lipinski definition) is 1. The Hall–Kier alpha value is -2.34. The van der Waals surface area contributed by atoms with Crippen LogP contribution in [0.3, 0.4) is 0 Å². The maximum Gasteiger partial charge on any atom is 0.264 e. The van der Waals surface area contributed by atoms with Crippen molar-refractivity contribution < 1.29 is 17.9 Å². The fourth-order valence-electron chi connectivity index (χ4n) is 2.58. The Bertz CT molecular complexity index is 1160. The van der Waals surface area contributed by atoms with Crippen molar-refractivity contribution in [2.75, 3.05) is 29.0 Å². The molecular formula is C19H19ClN4O4S3. The number of amides is 1. The number of anilines is 2. The molecule has 0 unspecified atom stereocenters. The van der Waals surface area contributed by atoms with Crippen LogP contribution in [0.25, 0.3) is 0 Å². The van der Waals surface area contributed by atoms with Gasteiger partial charge in [-0.15, -0.1) is 10.2 Å². The predicted molar refractivity (Wildman–Crippen MR) is 124 cm³/mol. The molecule has 0 aliphatic carbocycles. The first-order valence-electron chi connectivity index (χ1n) is 9.02. The molecule has 0 atom stereocenters. The summed E-state index contributed by atoms with van der Waals surface area (Å²) in [5.74, 6) is 0.654. The number of thioether (sulfide) groups is 1. The van der Waals surface area contributed by atoms with E-state index in [1.54, 1.807) is 24.3 Å². The minimum Gasteiger partial charge on any atom is -0.495 e. The van der Waals surface area contributed by atoms with Crippen molar-refractivity contribution in [3.63, 3.8) is 0 Å². The fourth-order valence-corrected chi connectivity index (χ4v) is 5.93. The van der Waals surface area contributed by atoms with E-state index in [-0.39, 0.29) is 15.6 Å². The first-order valence-corrected chi connectivity index (χ1v) is 12.6. The van der Waals surface area contributed by atoms with Crippen LogP contribution in [0.4, 0.5) is 10.8 Å². The monoisotopic (exact) mass is 498 g/mol. The highest BCUT2D eigenvalue weighted by molar-refractivity contribution is 8.01. The highest BCUT2D eigenvalue weighted by Gasteiger charge is 2.28. The van der Waals surface area contributed by atoms with Gasteiger partial charge in [0.05, 0.1) is 22.7 Å². The van der Waals surface area contributed by atoms with E-state index in [1.807, 2.05) is 6.92 Å². The number of sulfonamides is 1. The number of aromatic nitrogens is 2. The minimum atomic E-state index is -4.04. The highest BCUT2D eigenvalue weighted by Crippen LogP contribution is 2.32. The van der Waals surface area contributed by atoms with Crippen LogP contribution >= 0.6 is 34.7 Å². The molecule has 3 rings (SSSR count). The van der Waals surface area contributed by atoms with Crippen LogP contribution < -0.4 is 14.4 Å².